The number of piperidine rings is 1. The molecule has 1 atom stereocenters. The maximum Gasteiger partial charge on any atom is 0.123 e. The summed E-state index contributed by atoms with van der Waals surface area (Å²) in [7, 11) is 0. The van der Waals surface area contributed by atoms with Crippen LogP contribution < -0.4 is 10.2 Å². The minimum absolute atomic E-state index is 0.00736. The SMILES string of the molecule is Cc1ccoc1CNC(C)c1cc(F)ccc1N1CCC(O)CC1. The van der Waals surface area contributed by atoms with Crippen LogP contribution in [-0.2, 0) is 6.54 Å². The van der Waals surface area contributed by atoms with E-state index in [1.165, 1.54) is 6.07 Å². The molecule has 2 N–H and O–H groups in total. The van der Waals surface area contributed by atoms with Crippen LogP contribution in [0, 0.1) is 12.7 Å². The van der Waals surface area contributed by atoms with Crippen molar-refractivity contribution in [2.45, 2.75) is 45.4 Å². The first-order valence-corrected chi connectivity index (χ1v) is 8.53. The van der Waals surface area contributed by atoms with Crippen LogP contribution in [0.4, 0.5) is 10.1 Å². The third kappa shape index (κ3) is 3.79. The number of aliphatic hydroxyl groups excluding tert-OH is 1. The topological polar surface area (TPSA) is 48.6 Å². The molecule has 1 aromatic heterocycles. The van der Waals surface area contributed by atoms with Gasteiger partial charge in [0.25, 0.3) is 0 Å². The highest BCUT2D eigenvalue weighted by Crippen LogP contribution is 2.30. The molecule has 0 radical (unpaired) electrons. The van der Waals surface area contributed by atoms with Crippen molar-refractivity contribution in [2.24, 2.45) is 0 Å². The number of benzene rings is 1. The van der Waals surface area contributed by atoms with Gasteiger partial charge in [0.05, 0.1) is 18.9 Å². The van der Waals surface area contributed by atoms with Gasteiger partial charge in [-0.1, -0.05) is 0 Å². The Morgan fingerprint density at radius 1 is 1.33 bits per heavy atom. The molecular weight excluding hydrogens is 307 g/mol. The normalized spacial score (nSPS) is 17.2. The Labute approximate surface area is 142 Å². The first kappa shape index (κ1) is 17.0. The van der Waals surface area contributed by atoms with Gasteiger partial charge >= 0.3 is 0 Å². The molecule has 4 nitrogen and oxygen atoms in total. The average molecular weight is 332 g/mol. The summed E-state index contributed by atoms with van der Waals surface area (Å²) in [6.07, 6.45) is 2.97. The van der Waals surface area contributed by atoms with E-state index in [2.05, 4.69) is 10.2 Å². The second-order valence-electron chi connectivity index (χ2n) is 6.55. The Kier molecular flexibility index (Phi) is 5.21. The fraction of sp³-hybridized carbons (Fsp3) is 0.474. The third-order valence-corrected chi connectivity index (χ3v) is 4.80. The molecule has 5 heteroatoms. The van der Waals surface area contributed by atoms with Crippen LogP contribution in [0.3, 0.4) is 0 Å². The molecule has 130 valence electrons. The first-order chi connectivity index (χ1) is 11.5. The standard InChI is InChI=1S/C19H25FN2O2/c1-13-7-10-24-19(13)12-21-14(2)17-11-15(20)3-4-18(17)22-8-5-16(23)6-9-22/h3-4,7,10-11,14,16,21,23H,5-6,8-9,12H2,1-2H3. The zero-order chi connectivity index (χ0) is 17.1. The second-order valence-corrected chi connectivity index (χ2v) is 6.55. The summed E-state index contributed by atoms with van der Waals surface area (Å²) in [4.78, 5) is 2.23. The molecule has 2 aromatic rings. The summed E-state index contributed by atoms with van der Waals surface area (Å²) >= 11 is 0. The van der Waals surface area contributed by atoms with Crippen LogP contribution in [0.1, 0.15) is 42.7 Å². The van der Waals surface area contributed by atoms with Crippen molar-refractivity contribution >= 4 is 5.69 Å². The van der Waals surface area contributed by atoms with Gasteiger partial charge in [-0.25, -0.2) is 4.39 Å². The lowest BCUT2D eigenvalue weighted by atomic mass is 10.0. The summed E-state index contributed by atoms with van der Waals surface area (Å²) in [6, 6.07) is 6.89. The van der Waals surface area contributed by atoms with Crippen molar-refractivity contribution in [2.75, 3.05) is 18.0 Å². The van der Waals surface area contributed by atoms with Gasteiger partial charge in [0.2, 0.25) is 0 Å². The van der Waals surface area contributed by atoms with Crippen LogP contribution >= 0.6 is 0 Å². The molecule has 1 unspecified atom stereocenters. The van der Waals surface area contributed by atoms with Gasteiger partial charge in [-0.05, 0) is 62.1 Å². The van der Waals surface area contributed by atoms with E-state index in [1.54, 1.807) is 12.3 Å². The maximum atomic E-state index is 13.8. The zero-order valence-corrected chi connectivity index (χ0v) is 14.3. The van der Waals surface area contributed by atoms with Gasteiger partial charge < -0.3 is 19.7 Å². The van der Waals surface area contributed by atoms with Crippen LogP contribution in [0.5, 0.6) is 0 Å². The van der Waals surface area contributed by atoms with Crippen LogP contribution in [0.2, 0.25) is 0 Å². The summed E-state index contributed by atoms with van der Waals surface area (Å²) in [6.45, 7) is 6.25. The maximum absolute atomic E-state index is 13.8. The molecule has 3 rings (SSSR count). The number of anilines is 1. The lowest BCUT2D eigenvalue weighted by molar-refractivity contribution is 0.145. The van der Waals surface area contributed by atoms with Gasteiger partial charge in [-0.15, -0.1) is 0 Å². The van der Waals surface area contributed by atoms with Crippen molar-refractivity contribution in [3.63, 3.8) is 0 Å². The third-order valence-electron chi connectivity index (χ3n) is 4.80. The van der Waals surface area contributed by atoms with Gasteiger partial charge in [-0.2, -0.15) is 0 Å². The molecule has 1 saturated heterocycles. The Balaban J connectivity index is 1.75. The highest BCUT2D eigenvalue weighted by Gasteiger charge is 2.21. The minimum Gasteiger partial charge on any atom is -0.468 e. The number of rotatable bonds is 5. The molecule has 0 amide bonds. The number of hydrogen-bond donors (Lipinski definition) is 2. The number of halogens is 1. The number of aliphatic hydroxyl groups is 1. The van der Waals surface area contributed by atoms with Gasteiger partial charge in [0.1, 0.15) is 11.6 Å². The quantitative estimate of drug-likeness (QED) is 0.879. The molecule has 0 spiro atoms. The molecule has 1 aliphatic heterocycles. The largest absolute Gasteiger partial charge is 0.468 e. The number of nitrogens with one attached hydrogen (secondary N) is 1. The summed E-state index contributed by atoms with van der Waals surface area (Å²) in [5.41, 5.74) is 3.09. The summed E-state index contributed by atoms with van der Waals surface area (Å²) in [5, 5.41) is 13.1. The monoisotopic (exact) mass is 332 g/mol. The molecule has 1 aromatic carbocycles. The van der Waals surface area contributed by atoms with Crippen LogP contribution in [0.25, 0.3) is 0 Å². The Morgan fingerprint density at radius 2 is 2.08 bits per heavy atom. The van der Waals surface area contributed by atoms with E-state index in [0.717, 1.165) is 48.5 Å². The lowest BCUT2D eigenvalue weighted by Gasteiger charge is -2.34. The zero-order valence-electron chi connectivity index (χ0n) is 14.3. The van der Waals surface area contributed by atoms with Crippen molar-refractivity contribution in [3.8, 4) is 0 Å². The molecular formula is C19H25FN2O2. The summed E-state index contributed by atoms with van der Waals surface area (Å²) < 4.78 is 19.3. The Bertz CT molecular complexity index is 678. The van der Waals surface area contributed by atoms with Gasteiger partial charge in [0, 0.05) is 24.8 Å². The fourth-order valence-corrected chi connectivity index (χ4v) is 3.21. The fourth-order valence-electron chi connectivity index (χ4n) is 3.21. The van der Waals surface area contributed by atoms with E-state index in [1.807, 2.05) is 26.0 Å². The van der Waals surface area contributed by atoms with Crippen LogP contribution in [-0.4, -0.2) is 24.3 Å². The van der Waals surface area contributed by atoms with Crippen molar-refractivity contribution in [1.82, 2.24) is 5.32 Å². The highest BCUT2D eigenvalue weighted by atomic mass is 19.1. The highest BCUT2D eigenvalue weighted by molar-refractivity contribution is 5.55. The Hall–Kier alpha value is -1.85. The van der Waals surface area contributed by atoms with Gasteiger partial charge in [0.15, 0.2) is 0 Å². The van der Waals surface area contributed by atoms with E-state index in [9.17, 15) is 9.50 Å². The number of aryl methyl sites for hydroxylation is 1. The molecule has 0 saturated carbocycles. The van der Waals surface area contributed by atoms with E-state index in [4.69, 9.17) is 4.42 Å². The average Bonchev–Trinajstić information content (AvgIpc) is 2.98. The van der Waals surface area contributed by atoms with E-state index >= 15 is 0 Å². The van der Waals surface area contributed by atoms with E-state index in [0.29, 0.717) is 6.54 Å². The van der Waals surface area contributed by atoms with Crippen molar-refractivity contribution in [3.05, 3.63) is 53.2 Å². The van der Waals surface area contributed by atoms with Crippen LogP contribution in [0.15, 0.2) is 34.9 Å². The van der Waals surface area contributed by atoms with E-state index in [-0.39, 0.29) is 18.0 Å². The summed E-state index contributed by atoms with van der Waals surface area (Å²) in [5.74, 6) is 0.675. The second kappa shape index (κ2) is 7.36. The molecule has 1 aliphatic rings. The van der Waals surface area contributed by atoms with E-state index < -0.39 is 0 Å². The molecule has 0 bridgehead atoms. The molecule has 24 heavy (non-hydrogen) atoms. The van der Waals surface area contributed by atoms with Crippen molar-refractivity contribution < 1.29 is 13.9 Å². The predicted octanol–water partition coefficient (Wildman–Crippen LogP) is 3.54. The number of nitrogens with zero attached hydrogens (tertiary/aromatic N) is 1. The van der Waals surface area contributed by atoms with Crippen molar-refractivity contribution in [1.29, 1.82) is 0 Å². The smallest absolute Gasteiger partial charge is 0.123 e. The van der Waals surface area contributed by atoms with Gasteiger partial charge in [-0.3, -0.25) is 0 Å². The first-order valence-electron chi connectivity index (χ1n) is 8.53. The minimum atomic E-state index is -0.228. The predicted molar refractivity (Wildman–Crippen MR) is 92.6 cm³/mol. The Morgan fingerprint density at radius 3 is 2.75 bits per heavy atom. The number of furan rings is 1. The molecule has 0 aliphatic carbocycles. The lowest BCUT2D eigenvalue weighted by Crippen LogP contribution is -2.37. The molecule has 2 heterocycles. The molecule has 1 fully saturated rings. The number of hydrogen-bond acceptors (Lipinski definition) is 4.